The first kappa shape index (κ1) is 36.3. The molecule has 0 saturated carbocycles. The van der Waals surface area contributed by atoms with Crippen LogP contribution < -0.4 is 43.8 Å². The lowest BCUT2D eigenvalue weighted by molar-refractivity contribution is -0.904. The number of aliphatic hydroxyl groups is 1. The number of carbonyl (C=O) groups is 1. The number of hydrogen-bond acceptors (Lipinski definition) is 4. The van der Waals surface area contributed by atoms with Crippen LogP contribution >= 0.6 is 0 Å². The quantitative estimate of drug-likeness (QED) is 0.111. The number of hydrogen-bond donors (Lipinski definition) is 1. The summed E-state index contributed by atoms with van der Waals surface area (Å²) in [6.07, 6.45) is 11.9. The predicted molar refractivity (Wildman–Crippen MR) is 173 cm³/mol. The highest BCUT2D eigenvalue weighted by molar-refractivity contribution is 6.02. The molecule has 0 unspecified atom stereocenters. The molecule has 2 fully saturated rings. The molecule has 232 valence electrons. The molecule has 0 atom stereocenters. The van der Waals surface area contributed by atoms with Gasteiger partial charge in [0.05, 0.1) is 79.5 Å². The Morgan fingerprint density at radius 2 is 1.09 bits per heavy atom. The van der Waals surface area contributed by atoms with Gasteiger partial charge >= 0.3 is 0 Å². The number of quaternary nitrogens is 2. The van der Waals surface area contributed by atoms with Crippen molar-refractivity contribution in [3.05, 3.63) is 109 Å². The first-order valence-electron chi connectivity index (χ1n) is 14.6. The van der Waals surface area contributed by atoms with Gasteiger partial charge in [-0.2, -0.15) is 0 Å². The number of piperazine rings is 2. The SMILES string of the molecule is C=CC[N+]1(C)CCN(c2ccc(/C=C/C(=O)/C=C(O)/C=C/c3ccc(N4CC[N+](C)(CC=C)CC4)cc3)cc2)CC1.[Br-].[Br-]. The summed E-state index contributed by atoms with van der Waals surface area (Å²) in [6.45, 7) is 18.3. The van der Waals surface area contributed by atoms with E-state index in [1.54, 1.807) is 12.2 Å². The van der Waals surface area contributed by atoms with Crippen molar-refractivity contribution in [2.75, 3.05) is 89.3 Å². The maximum Gasteiger partial charge on any atom is 0.182 e. The molecule has 0 aromatic heterocycles. The summed E-state index contributed by atoms with van der Waals surface area (Å²) in [5, 5.41) is 10.3. The van der Waals surface area contributed by atoms with E-state index in [0.717, 1.165) is 85.5 Å². The number of benzene rings is 2. The lowest BCUT2D eigenvalue weighted by Crippen LogP contribution is -3.00. The summed E-state index contributed by atoms with van der Waals surface area (Å²) in [5.74, 6) is -0.324. The van der Waals surface area contributed by atoms with Crippen molar-refractivity contribution in [2.24, 2.45) is 0 Å². The number of likely N-dealkylation sites (N-methyl/N-ethyl adjacent to an activating group) is 2. The molecule has 2 heterocycles. The van der Waals surface area contributed by atoms with Crippen LogP contribution in [0.4, 0.5) is 11.4 Å². The van der Waals surface area contributed by atoms with Crippen LogP contribution in [-0.2, 0) is 4.79 Å². The first-order valence-corrected chi connectivity index (χ1v) is 14.6. The molecule has 1 N–H and O–H groups in total. The van der Waals surface area contributed by atoms with Crippen LogP contribution in [0.2, 0.25) is 0 Å². The molecule has 4 rings (SSSR count). The number of ketones is 1. The molecule has 2 aliphatic heterocycles. The minimum absolute atomic E-state index is 0. The van der Waals surface area contributed by atoms with Gasteiger partial charge < -0.3 is 57.8 Å². The Labute approximate surface area is 279 Å². The number of anilines is 2. The van der Waals surface area contributed by atoms with E-state index < -0.39 is 0 Å². The predicted octanol–water partition coefficient (Wildman–Crippen LogP) is -0.663. The summed E-state index contributed by atoms with van der Waals surface area (Å²) in [4.78, 5) is 17.2. The van der Waals surface area contributed by atoms with Gasteiger partial charge in [0.15, 0.2) is 5.78 Å². The van der Waals surface area contributed by atoms with Crippen LogP contribution in [-0.4, -0.2) is 99.4 Å². The van der Waals surface area contributed by atoms with Gasteiger partial charge in [0.25, 0.3) is 0 Å². The summed E-state index contributed by atoms with van der Waals surface area (Å²) in [6, 6.07) is 16.6. The van der Waals surface area contributed by atoms with Gasteiger partial charge in [-0.15, -0.1) is 0 Å². The first-order chi connectivity index (χ1) is 19.7. The fraction of sp³-hybridized carbons (Fsp3) is 0.343. The van der Waals surface area contributed by atoms with Crippen molar-refractivity contribution in [3.8, 4) is 0 Å². The third-order valence-corrected chi connectivity index (χ3v) is 8.47. The number of aliphatic hydroxyl groups excluding tert-OH is 1. The molecule has 8 heteroatoms. The molecule has 0 radical (unpaired) electrons. The Hall–Kier alpha value is -2.91. The Balaban J connectivity index is 0.00000323. The molecule has 0 bridgehead atoms. The normalized spacial score (nSPS) is 18.1. The highest BCUT2D eigenvalue weighted by atomic mass is 79.9. The van der Waals surface area contributed by atoms with E-state index in [9.17, 15) is 9.90 Å². The Morgan fingerprint density at radius 3 is 1.47 bits per heavy atom. The molecule has 2 aliphatic rings. The summed E-state index contributed by atoms with van der Waals surface area (Å²) in [5.41, 5.74) is 4.34. The number of nitrogens with zero attached hydrogens (tertiary/aromatic N) is 4. The highest BCUT2D eigenvalue weighted by Gasteiger charge is 2.28. The fourth-order valence-electron chi connectivity index (χ4n) is 5.60. The number of allylic oxidation sites excluding steroid dienone is 3. The summed E-state index contributed by atoms with van der Waals surface area (Å²) < 4.78 is 2.08. The van der Waals surface area contributed by atoms with Gasteiger partial charge in [0, 0.05) is 17.5 Å². The zero-order valence-electron chi connectivity index (χ0n) is 25.5. The minimum Gasteiger partial charge on any atom is -1.00 e. The molecular formula is C35H46Br2N4O2. The van der Waals surface area contributed by atoms with Crippen molar-refractivity contribution in [1.82, 2.24) is 0 Å². The van der Waals surface area contributed by atoms with E-state index in [1.165, 1.54) is 23.5 Å². The Bertz CT molecular complexity index is 1290. The van der Waals surface area contributed by atoms with Crippen LogP contribution in [0.25, 0.3) is 12.2 Å². The second-order valence-corrected chi connectivity index (χ2v) is 11.9. The average Bonchev–Trinajstić information content (AvgIpc) is 2.97. The lowest BCUT2D eigenvalue weighted by Gasteiger charge is -2.42. The fourth-order valence-corrected chi connectivity index (χ4v) is 5.60. The molecule has 0 amide bonds. The van der Waals surface area contributed by atoms with Gasteiger partial charge in [-0.3, -0.25) is 4.79 Å². The van der Waals surface area contributed by atoms with E-state index in [4.69, 9.17) is 0 Å². The molecular weight excluding hydrogens is 668 g/mol. The number of carbonyl (C=O) groups excluding carboxylic acids is 1. The molecule has 2 aromatic carbocycles. The van der Waals surface area contributed by atoms with E-state index in [2.05, 4.69) is 61.3 Å². The van der Waals surface area contributed by atoms with Crippen molar-refractivity contribution < 1.29 is 52.8 Å². The van der Waals surface area contributed by atoms with E-state index in [0.29, 0.717) is 0 Å². The molecule has 43 heavy (non-hydrogen) atoms. The third kappa shape index (κ3) is 10.6. The second kappa shape index (κ2) is 16.8. The Kier molecular flexibility index (Phi) is 14.2. The van der Waals surface area contributed by atoms with Crippen LogP contribution in [0.5, 0.6) is 0 Å². The van der Waals surface area contributed by atoms with Gasteiger partial charge in [-0.1, -0.05) is 49.6 Å². The summed E-state index contributed by atoms with van der Waals surface area (Å²) in [7, 11) is 4.58. The topological polar surface area (TPSA) is 43.8 Å². The van der Waals surface area contributed by atoms with Gasteiger partial charge in [0.2, 0.25) is 0 Å². The zero-order chi connectivity index (χ0) is 29.3. The molecule has 0 spiro atoms. The zero-order valence-corrected chi connectivity index (χ0v) is 28.7. The summed E-state index contributed by atoms with van der Waals surface area (Å²) >= 11 is 0. The lowest BCUT2D eigenvalue weighted by atomic mass is 10.1. The van der Waals surface area contributed by atoms with Gasteiger partial charge in [-0.25, -0.2) is 0 Å². The van der Waals surface area contributed by atoms with E-state index in [-0.39, 0.29) is 45.5 Å². The minimum atomic E-state index is -0.256. The van der Waals surface area contributed by atoms with E-state index >= 15 is 0 Å². The van der Waals surface area contributed by atoms with Crippen molar-refractivity contribution >= 4 is 29.3 Å². The Morgan fingerprint density at radius 1 is 0.721 bits per heavy atom. The maximum atomic E-state index is 12.4. The largest absolute Gasteiger partial charge is 1.00 e. The van der Waals surface area contributed by atoms with E-state index in [1.807, 2.05) is 42.5 Å². The van der Waals surface area contributed by atoms with Crippen molar-refractivity contribution in [3.63, 3.8) is 0 Å². The van der Waals surface area contributed by atoms with Gasteiger partial charge in [0.1, 0.15) is 5.76 Å². The van der Waals surface area contributed by atoms with Crippen molar-refractivity contribution in [2.45, 2.75) is 0 Å². The van der Waals surface area contributed by atoms with Crippen LogP contribution in [0.15, 0.2) is 97.8 Å². The van der Waals surface area contributed by atoms with Crippen LogP contribution in [0.3, 0.4) is 0 Å². The smallest absolute Gasteiger partial charge is 0.182 e. The van der Waals surface area contributed by atoms with Gasteiger partial charge in [-0.05, 0) is 59.7 Å². The van der Waals surface area contributed by atoms with Crippen LogP contribution in [0.1, 0.15) is 11.1 Å². The number of rotatable bonds is 11. The standard InChI is InChI=1S/C35H45N4O2.2BrH/c1-5-23-38(3)25-19-36(20-26-38)32-13-7-30(8-14-32)11-17-34(40)29-35(41)18-12-31-9-15-33(16-10-31)37-21-27-39(4,24-6-2)28-22-37;;/h5-18,29H,1-2,19-28H2,3-4H3;2*1H/q+1;;/p-1/b17-11+,18-12+;;. The monoisotopic (exact) mass is 712 g/mol. The molecule has 2 saturated heterocycles. The molecule has 2 aromatic rings. The maximum absolute atomic E-state index is 12.4. The molecule has 6 nitrogen and oxygen atoms in total. The number of halogens is 2. The second-order valence-electron chi connectivity index (χ2n) is 11.9. The molecule has 0 aliphatic carbocycles. The van der Waals surface area contributed by atoms with Crippen LogP contribution in [0, 0.1) is 0 Å². The van der Waals surface area contributed by atoms with Crippen molar-refractivity contribution in [1.29, 1.82) is 0 Å². The third-order valence-electron chi connectivity index (χ3n) is 8.47. The average molecular weight is 715 g/mol. The highest BCUT2D eigenvalue weighted by Crippen LogP contribution is 2.22.